The van der Waals surface area contributed by atoms with Gasteiger partial charge in [0.05, 0.1) is 29.5 Å². The summed E-state index contributed by atoms with van der Waals surface area (Å²) in [4.78, 5) is 12.5. The van der Waals surface area contributed by atoms with Gasteiger partial charge in [0.2, 0.25) is 0 Å². The molecule has 3 atom stereocenters. The van der Waals surface area contributed by atoms with E-state index in [1.807, 2.05) is 20.8 Å². The molecule has 0 aromatic heterocycles. The molecule has 1 aromatic carbocycles. The summed E-state index contributed by atoms with van der Waals surface area (Å²) in [5.74, 6) is -0.484. The van der Waals surface area contributed by atoms with Gasteiger partial charge in [-0.05, 0) is 45.7 Å². The lowest BCUT2D eigenvalue weighted by Crippen LogP contribution is -2.42. The van der Waals surface area contributed by atoms with Gasteiger partial charge in [0.1, 0.15) is 11.9 Å². The van der Waals surface area contributed by atoms with Crippen molar-refractivity contribution >= 4 is 15.6 Å². The Morgan fingerprint density at radius 2 is 1.81 bits per heavy atom. The normalized spacial score (nSPS) is 28.4. The fraction of sp³-hybridized carbons (Fsp3) is 0.650. The summed E-state index contributed by atoms with van der Waals surface area (Å²) in [5, 5.41) is 0. The van der Waals surface area contributed by atoms with Crippen molar-refractivity contribution in [1.29, 1.82) is 0 Å². The topological polar surface area (TPSA) is 78.9 Å². The summed E-state index contributed by atoms with van der Waals surface area (Å²) in [7, 11) is -3.32. The average molecular weight is 397 g/mol. The molecule has 0 amide bonds. The van der Waals surface area contributed by atoms with Crippen LogP contribution in [0.2, 0.25) is 0 Å². The van der Waals surface area contributed by atoms with E-state index in [9.17, 15) is 13.2 Å². The third-order valence-corrected chi connectivity index (χ3v) is 6.83. The number of carbonyl (C=O) groups is 1. The zero-order valence-electron chi connectivity index (χ0n) is 16.1. The van der Waals surface area contributed by atoms with Crippen LogP contribution in [0.25, 0.3) is 0 Å². The molecule has 1 aromatic rings. The van der Waals surface area contributed by atoms with E-state index in [2.05, 4.69) is 0 Å². The molecule has 0 unspecified atom stereocenters. The van der Waals surface area contributed by atoms with Crippen molar-refractivity contribution in [2.24, 2.45) is 0 Å². The highest BCUT2D eigenvalue weighted by molar-refractivity contribution is 7.91. The van der Waals surface area contributed by atoms with Gasteiger partial charge in [-0.15, -0.1) is 0 Å². The maximum atomic E-state index is 12.5. The van der Waals surface area contributed by atoms with E-state index in [1.54, 1.807) is 24.3 Å². The van der Waals surface area contributed by atoms with Gasteiger partial charge < -0.3 is 14.2 Å². The van der Waals surface area contributed by atoms with Crippen LogP contribution in [0.1, 0.15) is 45.1 Å². The number of rotatable bonds is 6. The predicted octanol–water partition coefficient (Wildman–Crippen LogP) is 2.82. The number of aryl methyl sites for hydroxylation is 1. The van der Waals surface area contributed by atoms with Crippen LogP contribution in [0, 0.1) is 6.92 Å². The molecular weight excluding hydrogens is 368 g/mol. The molecular formula is C20H28O6S. The number of Topliss-reactive ketones (excluding diaryl/α,β-unsaturated/α-hetero) is 1. The third-order valence-electron chi connectivity index (χ3n) is 5.02. The Hall–Kier alpha value is -1.28. The van der Waals surface area contributed by atoms with E-state index in [-0.39, 0.29) is 29.8 Å². The summed E-state index contributed by atoms with van der Waals surface area (Å²) in [6.07, 6.45) is 0.783. The minimum atomic E-state index is -3.32. The van der Waals surface area contributed by atoms with Crippen molar-refractivity contribution in [2.45, 2.75) is 75.4 Å². The van der Waals surface area contributed by atoms with Crippen LogP contribution in [-0.2, 0) is 28.8 Å². The molecule has 0 spiro atoms. The Kier molecular flexibility index (Phi) is 6.05. The number of benzene rings is 1. The lowest BCUT2D eigenvalue weighted by Gasteiger charge is -2.32. The number of ether oxygens (including phenoxy) is 3. The van der Waals surface area contributed by atoms with Crippen molar-refractivity contribution in [2.75, 3.05) is 12.4 Å². The lowest BCUT2D eigenvalue weighted by atomic mass is 9.97. The smallest absolute Gasteiger partial charge is 0.178 e. The molecule has 2 saturated heterocycles. The van der Waals surface area contributed by atoms with Crippen molar-refractivity contribution in [3.63, 3.8) is 0 Å². The van der Waals surface area contributed by atoms with Gasteiger partial charge >= 0.3 is 0 Å². The summed E-state index contributed by atoms with van der Waals surface area (Å²) < 4.78 is 42.3. The molecule has 3 rings (SSSR count). The number of hydrogen-bond donors (Lipinski definition) is 0. The molecule has 27 heavy (non-hydrogen) atoms. The van der Waals surface area contributed by atoms with E-state index < -0.39 is 15.6 Å². The molecule has 6 nitrogen and oxygen atoms in total. The van der Waals surface area contributed by atoms with Crippen molar-refractivity contribution < 1.29 is 27.4 Å². The van der Waals surface area contributed by atoms with E-state index in [1.165, 1.54) is 0 Å². The molecule has 2 heterocycles. The molecule has 0 N–H and O–H groups in total. The number of hydrogen-bond acceptors (Lipinski definition) is 6. The first kappa shape index (κ1) is 20.5. The Morgan fingerprint density at radius 1 is 1.11 bits per heavy atom. The molecule has 150 valence electrons. The maximum absolute atomic E-state index is 12.5. The minimum Gasteiger partial charge on any atom is -0.371 e. The van der Waals surface area contributed by atoms with E-state index in [0.717, 1.165) is 5.56 Å². The van der Waals surface area contributed by atoms with Gasteiger partial charge in [0.25, 0.3) is 0 Å². The summed E-state index contributed by atoms with van der Waals surface area (Å²) in [6.45, 7) is 6.00. The minimum absolute atomic E-state index is 0.0465. The van der Waals surface area contributed by atoms with Gasteiger partial charge in [-0.3, -0.25) is 4.79 Å². The van der Waals surface area contributed by atoms with E-state index in [4.69, 9.17) is 14.2 Å². The van der Waals surface area contributed by atoms with Crippen LogP contribution in [0.5, 0.6) is 0 Å². The number of ketones is 1. The molecule has 2 fully saturated rings. The highest BCUT2D eigenvalue weighted by atomic mass is 32.2. The SMILES string of the molecule is Cc1ccc(S(=O)(=O)CCC[C@H]2CC(=O)C[C@H]([C@@H]3COC(C)(C)O3)O2)cc1. The number of sulfone groups is 1. The maximum Gasteiger partial charge on any atom is 0.178 e. The van der Waals surface area contributed by atoms with Crippen LogP contribution < -0.4 is 0 Å². The van der Waals surface area contributed by atoms with Crippen LogP contribution in [-0.4, -0.2) is 50.7 Å². The van der Waals surface area contributed by atoms with Gasteiger partial charge in [-0.1, -0.05) is 17.7 Å². The molecule has 0 radical (unpaired) electrons. The second kappa shape index (κ2) is 7.99. The van der Waals surface area contributed by atoms with Crippen LogP contribution in [0.3, 0.4) is 0 Å². The predicted molar refractivity (Wildman–Crippen MR) is 100 cm³/mol. The van der Waals surface area contributed by atoms with Gasteiger partial charge in [0, 0.05) is 12.8 Å². The average Bonchev–Trinajstić information content (AvgIpc) is 2.95. The first-order valence-electron chi connectivity index (χ1n) is 9.43. The Balaban J connectivity index is 1.53. The van der Waals surface area contributed by atoms with Crippen LogP contribution in [0.4, 0.5) is 0 Å². The first-order chi connectivity index (χ1) is 12.6. The van der Waals surface area contributed by atoms with Gasteiger partial charge in [-0.2, -0.15) is 0 Å². The van der Waals surface area contributed by atoms with Crippen LogP contribution in [0.15, 0.2) is 29.2 Å². The van der Waals surface area contributed by atoms with Crippen molar-refractivity contribution in [1.82, 2.24) is 0 Å². The molecule has 0 saturated carbocycles. The fourth-order valence-electron chi connectivity index (χ4n) is 3.56. The molecule has 0 bridgehead atoms. The fourth-order valence-corrected chi connectivity index (χ4v) is 4.89. The lowest BCUT2D eigenvalue weighted by molar-refractivity contribution is -0.174. The molecule has 0 aliphatic carbocycles. The zero-order valence-corrected chi connectivity index (χ0v) is 17.0. The Labute approximate surface area is 161 Å². The Morgan fingerprint density at radius 3 is 2.44 bits per heavy atom. The molecule has 2 aliphatic heterocycles. The van der Waals surface area contributed by atoms with E-state index >= 15 is 0 Å². The van der Waals surface area contributed by atoms with Crippen LogP contribution >= 0.6 is 0 Å². The summed E-state index contributed by atoms with van der Waals surface area (Å²) >= 11 is 0. The first-order valence-corrected chi connectivity index (χ1v) is 11.1. The largest absolute Gasteiger partial charge is 0.371 e. The summed E-state index contributed by atoms with van der Waals surface area (Å²) in [6, 6.07) is 6.87. The van der Waals surface area contributed by atoms with Crippen molar-refractivity contribution in [3.8, 4) is 0 Å². The van der Waals surface area contributed by atoms with E-state index in [0.29, 0.717) is 37.2 Å². The van der Waals surface area contributed by atoms with Gasteiger partial charge in [-0.25, -0.2) is 8.42 Å². The monoisotopic (exact) mass is 396 g/mol. The molecule has 2 aliphatic rings. The van der Waals surface area contributed by atoms with Gasteiger partial charge in [0.15, 0.2) is 15.6 Å². The standard InChI is InChI=1S/C20H28O6S/c1-14-6-8-17(9-7-14)27(22,23)10-4-5-16-11-15(21)12-18(25-16)19-13-24-20(2,3)26-19/h6-9,16,18-19H,4-5,10-13H2,1-3H3/t16-,18+,19-/m0/s1. The highest BCUT2D eigenvalue weighted by Gasteiger charge is 2.41. The third kappa shape index (κ3) is 5.38. The second-order valence-electron chi connectivity index (χ2n) is 7.88. The molecule has 7 heteroatoms. The summed E-state index contributed by atoms with van der Waals surface area (Å²) in [5.41, 5.74) is 1.02. The zero-order chi connectivity index (χ0) is 19.7. The second-order valence-corrected chi connectivity index (χ2v) is 9.99. The number of carbonyl (C=O) groups excluding carboxylic acids is 1. The van der Waals surface area contributed by atoms with Crippen molar-refractivity contribution in [3.05, 3.63) is 29.8 Å². The quantitative estimate of drug-likeness (QED) is 0.736. The Bertz CT molecular complexity index is 768. The highest BCUT2D eigenvalue weighted by Crippen LogP contribution is 2.31.